The third-order valence-electron chi connectivity index (χ3n) is 5.31. The van der Waals surface area contributed by atoms with Gasteiger partial charge in [-0.1, -0.05) is 18.1 Å². The molecular formula is C22H27N3O3. The summed E-state index contributed by atoms with van der Waals surface area (Å²) in [4.78, 5) is 28.9. The van der Waals surface area contributed by atoms with Crippen molar-refractivity contribution in [3.8, 4) is 12.3 Å². The second kappa shape index (κ2) is 8.49. The lowest BCUT2D eigenvalue weighted by molar-refractivity contribution is -0.121. The zero-order valence-corrected chi connectivity index (χ0v) is 16.8. The maximum atomic E-state index is 13.1. The highest BCUT2D eigenvalue weighted by Crippen LogP contribution is 2.31. The topological polar surface area (TPSA) is 65.8 Å². The molecule has 0 radical (unpaired) electrons. The molecule has 28 heavy (non-hydrogen) atoms. The van der Waals surface area contributed by atoms with E-state index in [9.17, 15) is 9.59 Å². The molecule has 1 fully saturated rings. The van der Waals surface area contributed by atoms with E-state index in [4.69, 9.17) is 10.8 Å². The smallest absolute Gasteiger partial charge is 0.289 e. The molecule has 0 atom stereocenters. The minimum atomic E-state index is -0.0863. The zero-order chi connectivity index (χ0) is 20.3. The van der Waals surface area contributed by atoms with Crippen molar-refractivity contribution >= 4 is 22.8 Å². The number of terminal acetylenes is 1. The molecule has 6 heteroatoms. The first-order valence-electron chi connectivity index (χ1n) is 9.63. The number of furan rings is 1. The number of aryl methyl sites for hydroxylation is 3. The summed E-state index contributed by atoms with van der Waals surface area (Å²) < 4.78 is 6.01. The maximum Gasteiger partial charge on any atom is 0.289 e. The first-order valence-corrected chi connectivity index (χ1v) is 9.63. The molecule has 1 aliphatic heterocycles. The first kappa shape index (κ1) is 20.0. The molecule has 2 amide bonds. The quantitative estimate of drug-likeness (QED) is 0.825. The highest BCUT2D eigenvalue weighted by atomic mass is 16.3. The van der Waals surface area contributed by atoms with Crippen LogP contribution in [0.3, 0.4) is 0 Å². The summed E-state index contributed by atoms with van der Waals surface area (Å²) in [7, 11) is 0. The van der Waals surface area contributed by atoms with E-state index in [2.05, 4.69) is 22.2 Å². The van der Waals surface area contributed by atoms with E-state index < -0.39 is 0 Å². The number of fused-ring (bicyclic) bond motifs is 1. The molecule has 0 saturated carbocycles. The van der Waals surface area contributed by atoms with Crippen molar-refractivity contribution in [3.63, 3.8) is 0 Å². The molecule has 0 bridgehead atoms. The Morgan fingerprint density at radius 1 is 1.14 bits per heavy atom. The molecule has 1 aromatic carbocycles. The van der Waals surface area contributed by atoms with Crippen molar-refractivity contribution in [2.75, 3.05) is 39.3 Å². The monoisotopic (exact) mass is 381 g/mol. The summed E-state index contributed by atoms with van der Waals surface area (Å²) in [6.45, 7) is 9.14. The normalized spacial score (nSPS) is 15.3. The number of carbonyl (C=O) groups excluding carboxylic acids is 2. The number of amides is 2. The van der Waals surface area contributed by atoms with Gasteiger partial charge < -0.3 is 14.6 Å². The summed E-state index contributed by atoms with van der Waals surface area (Å²) >= 11 is 0. The van der Waals surface area contributed by atoms with Crippen LogP contribution in [0.15, 0.2) is 16.5 Å². The molecule has 1 aromatic heterocycles. The average molecular weight is 381 g/mol. The van der Waals surface area contributed by atoms with Crippen molar-refractivity contribution in [2.24, 2.45) is 0 Å². The van der Waals surface area contributed by atoms with Gasteiger partial charge in [0.2, 0.25) is 5.91 Å². The summed E-state index contributed by atoms with van der Waals surface area (Å²) in [6, 6.07) is 4.08. The molecule has 0 aliphatic carbocycles. The Balaban J connectivity index is 1.72. The molecular weight excluding hydrogens is 354 g/mol. The molecule has 6 nitrogen and oxygen atoms in total. The Bertz CT molecular complexity index is 939. The predicted octanol–water partition coefficient (Wildman–Crippen LogP) is 2.26. The summed E-state index contributed by atoms with van der Waals surface area (Å²) in [5.74, 6) is 2.66. The van der Waals surface area contributed by atoms with Crippen LogP contribution < -0.4 is 5.32 Å². The van der Waals surface area contributed by atoms with Crippen molar-refractivity contribution in [3.05, 3.63) is 34.6 Å². The van der Waals surface area contributed by atoms with Crippen LogP contribution in [0.1, 0.15) is 33.7 Å². The number of carbonyl (C=O) groups is 2. The standard InChI is InChI=1S/C22H27N3O3/c1-5-9-23-18(26)14-24-10-6-11-25(13-12-24)22(27)21-17(4)19-15(2)7-8-16(3)20(19)28-21/h1,7-8H,6,9-14H2,2-4H3,(H,23,26). The van der Waals surface area contributed by atoms with E-state index in [1.807, 2.05) is 31.7 Å². The van der Waals surface area contributed by atoms with Gasteiger partial charge in [0.05, 0.1) is 13.1 Å². The van der Waals surface area contributed by atoms with Gasteiger partial charge in [-0.05, 0) is 38.3 Å². The summed E-state index contributed by atoms with van der Waals surface area (Å²) in [5.41, 5.74) is 3.84. The fourth-order valence-corrected chi connectivity index (χ4v) is 3.76. The maximum absolute atomic E-state index is 13.1. The zero-order valence-electron chi connectivity index (χ0n) is 16.8. The third kappa shape index (κ3) is 4.05. The Morgan fingerprint density at radius 2 is 1.89 bits per heavy atom. The lowest BCUT2D eigenvalue weighted by Gasteiger charge is -2.21. The minimum Gasteiger partial charge on any atom is -0.450 e. The Hall–Kier alpha value is -2.78. The highest BCUT2D eigenvalue weighted by molar-refractivity contribution is 6.00. The first-order chi connectivity index (χ1) is 13.4. The van der Waals surface area contributed by atoms with Crippen LogP contribution in [0.4, 0.5) is 0 Å². The number of hydrogen-bond donors (Lipinski definition) is 1. The lowest BCUT2D eigenvalue weighted by Crippen LogP contribution is -2.40. The van der Waals surface area contributed by atoms with Gasteiger partial charge in [-0.3, -0.25) is 14.5 Å². The van der Waals surface area contributed by atoms with Gasteiger partial charge in [-0.2, -0.15) is 0 Å². The number of nitrogens with one attached hydrogen (secondary N) is 1. The van der Waals surface area contributed by atoms with Crippen molar-refractivity contribution < 1.29 is 14.0 Å². The van der Waals surface area contributed by atoms with Crippen molar-refractivity contribution in [1.29, 1.82) is 0 Å². The molecule has 2 heterocycles. The molecule has 1 N–H and O–H groups in total. The predicted molar refractivity (Wildman–Crippen MR) is 109 cm³/mol. The summed E-state index contributed by atoms with van der Waals surface area (Å²) in [5, 5.41) is 3.71. The van der Waals surface area contributed by atoms with Gasteiger partial charge in [0.15, 0.2) is 5.76 Å². The number of benzene rings is 1. The van der Waals surface area contributed by atoms with Gasteiger partial charge in [0, 0.05) is 37.1 Å². The van der Waals surface area contributed by atoms with Crippen LogP contribution in [-0.2, 0) is 4.79 Å². The molecule has 1 aliphatic rings. The van der Waals surface area contributed by atoms with Gasteiger partial charge in [0.1, 0.15) is 5.58 Å². The van der Waals surface area contributed by atoms with Gasteiger partial charge in [-0.15, -0.1) is 6.42 Å². The van der Waals surface area contributed by atoms with E-state index in [0.29, 0.717) is 31.9 Å². The Morgan fingerprint density at radius 3 is 2.61 bits per heavy atom. The third-order valence-corrected chi connectivity index (χ3v) is 5.31. The Labute approximate surface area is 165 Å². The SMILES string of the molecule is C#CCNC(=O)CN1CCCN(C(=O)c2oc3c(C)ccc(C)c3c2C)CC1. The van der Waals surface area contributed by atoms with Gasteiger partial charge in [0.25, 0.3) is 5.91 Å². The highest BCUT2D eigenvalue weighted by Gasteiger charge is 2.26. The van der Waals surface area contributed by atoms with E-state index >= 15 is 0 Å². The lowest BCUT2D eigenvalue weighted by atomic mass is 10.0. The van der Waals surface area contributed by atoms with E-state index in [1.165, 1.54) is 0 Å². The molecule has 2 aromatic rings. The summed E-state index contributed by atoms with van der Waals surface area (Å²) in [6.07, 6.45) is 5.98. The van der Waals surface area contributed by atoms with E-state index in [1.54, 1.807) is 0 Å². The van der Waals surface area contributed by atoms with Crippen LogP contribution in [0.2, 0.25) is 0 Å². The van der Waals surface area contributed by atoms with Crippen molar-refractivity contribution in [2.45, 2.75) is 27.2 Å². The molecule has 1 saturated heterocycles. The minimum absolute atomic E-state index is 0.0777. The molecule has 0 unspecified atom stereocenters. The van der Waals surface area contributed by atoms with Crippen LogP contribution in [0.25, 0.3) is 11.0 Å². The van der Waals surface area contributed by atoms with Gasteiger partial charge >= 0.3 is 0 Å². The molecule has 3 rings (SSSR count). The number of rotatable bonds is 4. The van der Waals surface area contributed by atoms with E-state index in [-0.39, 0.29) is 18.4 Å². The average Bonchev–Trinajstić information content (AvgIpc) is 2.86. The Kier molecular flexibility index (Phi) is 6.05. The second-order valence-electron chi connectivity index (χ2n) is 7.36. The van der Waals surface area contributed by atoms with Crippen LogP contribution in [0.5, 0.6) is 0 Å². The fraction of sp³-hybridized carbons (Fsp3) is 0.455. The molecule has 148 valence electrons. The molecule has 0 spiro atoms. The van der Waals surface area contributed by atoms with Gasteiger partial charge in [-0.25, -0.2) is 0 Å². The van der Waals surface area contributed by atoms with Crippen LogP contribution >= 0.6 is 0 Å². The fourth-order valence-electron chi connectivity index (χ4n) is 3.76. The van der Waals surface area contributed by atoms with Crippen LogP contribution in [0, 0.1) is 33.1 Å². The van der Waals surface area contributed by atoms with Crippen LogP contribution in [-0.4, -0.2) is 60.9 Å². The second-order valence-corrected chi connectivity index (χ2v) is 7.36. The number of hydrogen-bond acceptors (Lipinski definition) is 4. The van der Waals surface area contributed by atoms with E-state index in [0.717, 1.165) is 40.6 Å². The largest absolute Gasteiger partial charge is 0.450 e. The number of nitrogens with zero attached hydrogens (tertiary/aromatic N) is 2. The van der Waals surface area contributed by atoms with Crippen molar-refractivity contribution in [1.82, 2.24) is 15.1 Å².